The Morgan fingerprint density at radius 3 is 2.53 bits per heavy atom. The van der Waals surface area contributed by atoms with Crippen LogP contribution in [-0.4, -0.2) is 52.1 Å². The number of benzene rings is 1. The highest BCUT2D eigenvalue weighted by molar-refractivity contribution is 7.91. The third-order valence-electron chi connectivity index (χ3n) is 5.16. The number of hydrogen-bond acceptors (Lipinski definition) is 7. The Morgan fingerprint density at radius 1 is 1.13 bits per heavy atom. The van der Waals surface area contributed by atoms with Gasteiger partial charge in [-0.3, -0.25) is 5.32 Å². The molecule has 8 nitrogen and oxygen atoms in total. The molecule has 4 atom stereocenters. The number of ether oxygens (including phenoxy) is 3. The molecule has 0 aliphatic carbocycles. The van der Waals surface area contributed by atoms with Gasteiger partial charge in [0.1, 0.15) is 16.4 Å². The summed E-state index contributed by atoms with van der Waals surface area (Å²) in [5.41, 5.74) is 1.81. The lowest BCUT2D eigenvalue weighted by Crippen LogP contribution is -2.44. The molecule has 3 heterocycles. The molecule has 2 fully saturated rings. The number of thiophene rings is 1. The van der Waals surface area contributed by atoms with Crippen molar-refractivity contribution in [3.05, 3.63) is 47.3 Å². The Labute approximate surface area is 179 Å². The molecule has 1 aromatic heterocycles. The van der Waals surface area contributed by atoms with Crippen LogP contribution >= 0.6 is 11.3 Å². The molecule has 162 valence electrons. The van der Waals surface area contributed by atoms with Gasteiger partial charge in [-0.2, -0.15) is 0 Å². The zero-order valence-corrected chi connectivity index (χ0v) is 18.2. The van der Waals surface area contributed by atoms with Crippen LogP contribution in [0.25, 0.3) is 0 Å². The van der Waals surface area contributed by atoms with E-state index in [0.717, 1.165) is 11.3 Å². The van der Waals surface area contributed by atoms with E-state index in [2.05, 4.69) is 23.9 Å². The molecule has 2 aliphatic rings. The summed E-state index contributed by atoms with van der Waals surface area (Å²) in [6.07, 6.45) is -2.24. The van der Waals surface area contributed by atoms with Crippen molar-refractivity contribution >= 4 is 33.1 Å². The molecule has 10 heteroatoms. The topological polar surface area (TPSA) is 103 Å². The molecule has 0 saturated carbocycles. The van der Waals surface area contributed by atoms with Crippen molar-refractivity contribution < 1.29 is 27.4 Å². The van der Waals surface area contributed by atoms with Gasteiger partial charge in [-0.25, -0.2) is 17.9 Å². The molecular weight excluding hydrogens is 428 g/mol. The van der Waals surface area contributed by atoms with Crippen molar-refractivity contribution in [1.29, 1.82) is 0 Å². The van der Waals surface area contributed by atoms with E-state index < -0.39 is 40.5 Å². The number of fused-ring (bicyclic) bond motifs is 1. The maximum atomic E-state index is 12.5. The molecule has 2 N–H and O–H groups in total. The van der Waals surface area contributed by atoms with Crippen LogP contribution in [0.4, 0.5) is 10.5 Å². The van der Waals surface area contributed by atoms with Crippen molar-refractivity contribution in [2.24, 2.45) is 0 Å². The zero-order chi connectivity index (χ0) is 21.3. The Hall–Kier alpha value is -1.98. The summed E-state index contributed by atoms with van der Waals surface area (Å²) >= 11 is 1.14. The van der Waals surface area contributed by atoms with Crippen LogP contribution in [0.15, 0.2) is 46.0 Å². The number of rotatable bonds is 6. The summed E-state index contributed by atoms with van der Waals surface area (Å²) in [5.74, 6) is 0.406. The normalized spacial score (nSPS) is 26.0. The van der Waals surface area contributed by atoms with Crippen molar-refractivity contribution in [3.63, 3.8) is 0 Å². The summed E-state index contributed by atoms with van der Waals surface area (Å²) in [4.78, 5) is 12.3. The lowest BCUT2D eigenvalue weighted by Gasteiger charge is -2.18. The minimum atomic E-state index is -3.64. The summed E-state index contributed by atoms with van der Waals surface area (Å²) in [5, 5.41) is 4.40. The summed E-state index contributed by atoms with van der Waals surface area (Å²) in [6, 6.07) is 10.2. The van der Waals surface area contributed by atoms with Gasteiger partial charge in [-0.05, 0) is 35.1 Å². The van der Waals surface area contributed by atoms with Crippen LogP contribution in [0.1, 0.15) is 25.3 Å². The van der Waals surface area contributed by atoms with Gasteiger partial charge >= 0.3 is 6.09 Å². The highest BCUT2D eigenvalue weighted by Crippen LogP contribution is 2.30. The number of nitrogens with one attached hydrogen (secondary N) is 2. The molecule has 2 aromatic rings. The summed E-state index contributed by atoms with van der Waals surface area (Å²) in [6.45, 7) is 4.50. The van der Waals surface area contributed by atoms with E-state index in [0.29, 0.717) is 11.6 Å². The molecule has 30 heavy (non-hydrogen) atoms. The number of amides is 1. The van der Waals surface area contributed by atoms with Gasteiger partial charge < -0.3 is 14.2 Å². The van der Waals surface area contributed by atoms with Crippen molar-refractivity contribution in [2.45, 2.75) is 48.3 Å². The highest BCUT2D eigenvalue weighted by atomic mass is 32.2. The second kappa shape index (κ2) is 8.64. The number of hydrogen-bond donors (Lipinski definition) is 2. The maximum Gasteiger partial charge on any atom is 0.412 e. The monoisotopic (exact) mass is 452 g/mol. The number of carbonyl (C=O) groups excluding carboxylic acids is 1. The first-order valence-electron chi connectivity index (χ1n) is 9.70. The SMILES string of the molecule is CC(C)c1ccc(NC(=O)O[C@@H]2CO[C@H]3[C@@H]2OC[C@@H]3NS(=O)(=O)c2cccs2)cc1. The summed E-state index contributed by atoms with van der Waals surface area (Å²) in [7, 11) is -3.64. The second-order valence-corrected chi connectivity index (χ2v) is 10.5. The van der Waals surface area contributed by atoms with Crippen LogP contribution in [0.3, 0.4) is 0 Å². The fourth-order valence-corrected chi connectivity index (χ4v) is 5.82. The lowest BCUT2D eigenvalue weighted by atomic mass is 10.0. The first-order valence-corrected chi connectivity index (χ1v) is 12.1. The van der Waals surface area contributed by atoms with Crippen molar-refractivity contribution in [2.75, 3.05) is 18.5 Å². The van der Waals surface area contributed by atoms with E-state index >= 15 is 0 Å². The first kappa shape index (κ1) is 21.3. The van der Waals surface area contributed by atoms with Crippen LogP contribution in [0.5, 0.6) is 0 Å². The Kier molecular flexibility index (Phi) is 6.12. The fraction of sp³-hybridized carbons (Fsp3) is 0.450. The molecule has 1 aromatic carbocycles. The predicted molar refractivity (Wildman–Crippen MR) is 112 cm³/mol. The van der Waals surface area contributed by atoms with Gasteiger partial charge in [0.05, 0.1) is 19.3 Å². The quantitative estimate of drug-likeness (QED) is 0.699. The van der Waals surface area contributed by atoms with E-state index in [1.807, 2.05) is 24.3 Å². The van der Waals surface area contributed by atoms with Crippen LogP contribution in [-0.2, 0) is 24.2 Å². The Balaban J connectivity index is 1.33. The van der Waals surface area contributed by atoms with Gasteiger partial charge in [0, 0.05) is 5.69 Å². The Morgan fingerprint density at radius 2 is 1.87 bits per heavy atom. The molecule has 0 bridgehead atoms. The van der Waals surface area contributed by atoms with Crippen molar-refractivity contribution in [3.8, 4) is 0 Å². The van der Waals surface area contributed by atoms with E-state index in [1.54, 1.807) is 17.5 Å². The first-order chi connectivity index (χ1) is 14.3. The third-order valence-corrected chi connectivity index (χ3v) is 8.04. The van der Waals surface area contributed by atoms with Crippen LogP contribution < -0.4 is 10.0 Å². The zero-order valence-electron chi connectivity index (χ0n) is 16.6. The second-order valence-electron chi connectivity index (χ2n) is 7.60. The molecule has 2 aliphatic heterocycles. The smallest absolute Gasteiger partial charge is 0.412 e. The molecule has 1 amide bonds. The molecule has 0 unspecified atom stereocenters. The minimum absolute atomic E-state index is 0.145. The van der Waals surface area contributed by atoms with Gasteiger partial charge in [0.15, 0.2) is 6.10 Å². The van der Waals surface area contributed by atoms with Crippen LogP contribution in [0.2, 0.25) is 0 Å². The van der Waals surface area contributed by atoms with E-state index in [1.165, 1.54) is 5.56 Å². The Bertz CT molecular complexity index is 975. The van der Waals surface area contributed by atoms with Gasteiger partial charge in [-0.15, -0.1) is 11.3 Å². The maximum absolute atomic E-state index is 12.5. The minimum Gasteiger partial charge on any atom is -0.441 e. The summed E-state index contributed by atoms with van der Waals surface area (Å²) < 4.78 is 44.7. The number of carbonyl (C=O) groups is 1. The van der Waals surface area contributed by atoms with Crippen molar-refractivity contribution in [1.82, 2.24) is 4.72 Å². The lowest BCUT2D eigenvalue weighted by molar-refractivity contribution is 0.00884. The van der Waals surface area contributed by atoms with Gasteiger partial charge in [-0.1, -0.05) is 32.0 Å². The fourth-order valence-electron chi connectivity index (χ4n) is 3.58. The number of sulfonamides is 1. The van der Waals surface area contributed by atoms with E-state index in [9.17, 15) is 13.2 Å². The molecular formula is C20H24N2O6S2. The van der Waals surface area contributed by atoms with E-state index in [-0.39, 0.29) is 17.4 Å². The molecule has 0 spiro atoms. The van der Waals surface area contributed by atoms with Gasteiger partial charge in [0.2, 0.25) is 10.0 Å². The highest BCUT2D eigenvalue weighted by Gasteiger charge is 2.50. The molecule has 0 radical (unpaired) electrons. The predicted octanol–water partition coefficient (Wildman–Crippen LogP) is 2.93. The number of anilines is 1. The average Bonchev–Trinajstić information content (AvgIpc) is 3.43. The largest absolute Gasteiger partial charge is 0.441 e. The van der Waals surface area contributed by atoms with Crippen LogP contribution in [0, 0.1) is 0 Å². The average molecular weight is 453 g/mol. The molecule has 4 rings (SSSR count). The van der Waals surface area contributed by atoms with Gasteiger partial charge in [0.25, 0.3) is 0 Å². The third kappa shape index (κ3) is 4.52. The standard InChI is InChI=1S/C20H24N2O6S2/c1-12(2)13-5-7-14(8-6-13)21-20(23)28-16-11-27-18-15(10-26-19(16)18)22-30(24,25)17-4-3-9-29-17/h3-9,12,15-16,18-19,22H,10-11H2,1-2H3,(H,21,23)/t15-,16+,18+,19+/m0/s1. The van der Waals surface area contributed by atoms with E-state index in [4.69, 9.17) is 14.2 Å². The molecule has 2 saturated heterocycles.